The molecule has 9 nitrogen and oxygen atoms in total. The number of methoxy groups -OCH3 is 3. The number of ether oxygens (including phenoxy) is 3. The highest BCUT2D eigenvalue weighted by Crippen LogP contribution is 2.28. The molecule has 5 aromatic rings. The van der Waals surface area contributed by atoms with Crippen LogP contribution in [0.4, 0.5) is 0 Å². The van der Waals surface area contributed by atoms with Gasteiger partial charge in [-0.2, -0.15) is 0 Å². The van der Waals surface area contributed by atoms with Crippen LogP contribution < -0.4 is 15.7 Å². The van der Waals surface area contributed by atoms with E-state index in [9.17, 15) is 19.2 Å². The molecule has 0 spiro atoms. The van der Waals surface area contributed by atoms with Crippen LogP contribution in [0.15, 0.2) is 70.3 Å². The van der Waals surface area contributed by atoms with Crippen molar-refractivity contribution in [1.82, 2.24) is 9.13 Å². The van der Waals surface area contributed by atoms with E-state index in [1.807, 2.05) is 12.1 Å². The van der Waals surface area contributed by atoms with Crippen LogP contribution >= 0.6 is 0 Å². The Morgan fingerprint density at radius 1 is 0.789 bits per heavy atom. The zero-order chi connectivity index (χ0) is 27.1. The number of aromatic nitrogens is 2. The molecule has 38 heavy (non-hydrogen) atoms. The summed E-state index contributed by atoms with van der Waals surface area (Å²) >= 11 is 0. The number of fused-ring (bicyclic) bond motifs is 4. The number of esters is 2. The third-order valence-electron chi connectivity index (χ3n) is 6.77. The van der Waals surface area contributed by atoms with Crippen LogP contribution in [-0.2, 0) is 23.1 Å². The molecule has 0 unspecified atom stereocenters. The minimum atomic E-state index is -0.876. The second-order valence-electron chi connectivity index (χ2n) is 8.74. The van der Waals surface area contributed by atoms with Gasteiger partial charge in [-0.15, -0.1) is 0 Å². The van der Waals surface area contributed by atoms with Crippen molar-refractivity contribution in [2.24, 2.45) is 7.05 Å². The molecule has 0 bridgehead atoms. The van der Waals surface area contributed by atoms with Gasteiger partial charge in [0.1, 0.15) is 11.3 Å². The predicted octanol–water partition coefficient (Wildman–Crippen LogP) is 3.64. The second-order valence-corrected chi connectivity index (χ2v) is 8.74. The summed E-state index contributed by atoms with van der Waals surface area (Å²) < 4.78 is 18.2. The number of aryl methyl sites for hydroxylation is 1. The van der Waals surface area contributed by atoms with E-state index in [-0.39, 0.29) is 39.5 Å². The van der Waals surface area contributed by atoms with Gasteiger partial charge in [0.25, 0.3) is 5.56 Å². The van der Waals surface area contributed by atoms with Gasteiger partial charge >= 0.3 is 11.9 Å². The second kappa shape index (κ2) is 9.51. The van der Waals surface area contributed by atoms with E-state index in [4.69, 9.17) is 14.2 Å². The molecular formula is C29H24N2O7. The van der Waals surface area contributed by atoms with E-state index in [1.165, 1.54) is 30.9 Å². The topological polar surface area (TPSA) is 106 Å². The van der Waals surface area contributed by atoms with Gasteiger partial charge in [-0.1, -0.05) is 30.3 Å². The summed E-state index contributed by atoms with van der Waals surface area (Å²) in [5, 5.41) is 0.931. The van der Waals surface area contributed by atoms with Crippen LogP contribution in [0.2, 0.25) is 0 Å². The van der Waals surface area contributed by atoms with Crippen LogP contribution in [0.5, 0.6) is 5.75 Å². The van der Waals surface area contributed by atoms with Crippen LogP contribution in [-0.4, -0.2) is 42.4 Å². The van der Waals surface area contributed by atoms with Gasteiger partial charge in [-0.3, -0.25) is 9.59 Å². The average molecular weight is 513 g/mol. The Labute approximate surface area is 216 Å². The van der Waals surface area contributed by atoms with Crippen molar-refractivity contribution in [3.8, 4) is 5.75 Å². The maximum Gasteiger partial charge on any atom is 0.340 e. The molecule has 0 fully saturated rings. The quantitative estimate of drug-likeness (QED) is 0.331. The molecule has 0 atom stereocenters. The van der Waals surface area contributed by atoms with Gasteiger partial charge < -0.3 is 23.3 Å². The summed E-state index contributed by atoms with van der Waals surface area (Å²) in [4.78, 5) is 54.3. The smallest absolute Gasteiger partial charge is 0.340 e. The molecule has 5 rings (SSSR count). The number of carbonyl (C=O) groups excluding carboxylic acids is 2. The molecule has 0 N–H and O–H groups in total. The number of carbonyl (C=O) groups is 2. The van der Waals surface area contributed by atoms with Gasteiger partial charge in [-0.25, -0.2) is 9.59 Å². The lowest BCUT2D eigenvalue weighted by molar-refractivity contribution is 0.0556. The standard InChI is InChI=1S/C29H24N2O7/c1-30-21-8-6-5-7-18(21)22-25(30)27(33)31(15-16-9-11-17(36-2)12-10-16)24-20(26(22)32)14-13-19(28(34)37-3)23(24)29(35)38-4/h5-14H,15H2,1-4H3. The fraction of sp³-hybridized carbons (Fsp3) is 0.172. The lowest BCUT2D eigenvalue weighted by Crippen LogP contribution is -2.23. The van der Waals surface area contributed by atoms with Gasteiger partial charge in [0, 0.05) is 23.3 Å². The predicted molar refractivity (Wildman–Crippen MR) is 143 cm³/mol. The van der Waals surface area contributed by atoms with E-state index in [2.05, 4.69) is 0 Å². The maximum atomic E-state index is 14.3. The third kappa shape index (κ3) is 3.71. The van der Waals surface area contributed by atoms with Crippen molar-refractivity contribution in [3.05, 3.63) is 97.9 Å². The van der Waals surface area contributed by atoms with Crippen LogP contribution in [0, 0.1) is 0 Å². The Morgan fingerprint density at radius 3 is 2.13 bits per heavy atom. The Morgan fingerprint density at radius 2 is 1.47 bits per heavy atom. The minimum absolute atomic E-state index is 0.00130. The number of nitrogens with zero attached hydrogens (tertiary/aromatic N) is 2. The first-order valence-corrected chi connectivity index (χ1v) is 11.7. The summed E-state index contributed by atoms with van der Waals surface area (Å²) in [6.07, 6.45) is 0. The minimum Gasteiger partial charge on any atom is -0.497 e. The molecule has 0 amide bonds. The third-order valence-corrected chi connectivity index (χ3v) is 6.77. The van der Waals surface area contributed by atoms with E-state index < -0.39 is 22.9 Å². The number of hydrogen-bond donors (Lipinski definition) is 0. The molecule has 3 aromatic carbocycles. The zero-order valence-electron chi connectivity index (χ0n) is 21.2. The van der Waals surface area contributed by atoms with Crippen LogP contribution in [0.25, 0.3) is 32.7 Å². The Balaban J connectivity index is 2.06. The maximum absolute atomic E-state index is 14.3. The summed E-state index contributed by atoms with van der Waals surface area (Å²) in [5.41, 5.74) is 0.304. The zero-order valence-corrected chi connectivity index (χ0v) is 21.2. The molecule has 0 aliphatic carbocycles. The molecular weight excluding hydrogens is 488 g/mol. The molecule has 0 aliphatic heterocycles. The summed E-state index contributed by atoms with van der Waals surface area (Å²) in [6, 6.07) is 17.1. The number of rotatable bonds is 5. The van der Waals surface area contributed by atoms with Crippen LogP contribution in [0.3, 0.4) is 0 Å². The fourth-order valence-corrected chi connectivity index (χ4v) is 4.95. The first-order chi connectivity index (χ1) is 18.3. The van der Waals surface area contributed by atoms with Gasteiger partial charge in [0.2, 0.25) is 0 Å². The highest BCUT2D eigenvalue weighted by Gasteiger charge is 2.27. The SMILES string of the molecule is COC(=O)c1ccc2c(=O)c3c4ccccc4n(C)c3c(=O)n(Cc3ccc(OC)cc3)c2c1C(=O)OC. The number of para-hydroxylation sites is 1. The van der Waals surface area contributed by atoms with Crippen molar-refractivity contribution in [2.45, 2.75) is 6.54 Å². The van der Waals surface area contributed by atoms with E-state index in [1.54, 1.807) is 55.1 Å². The van der Waals surface area contributed by atoms with Crippen molar-refractivity contribution in [2.75, 3.05) is 21.3 Å². The molecule has 9 heteroatoms. The van der Waals surface area contributed by atoms with Gasteiger partial charge in [0.15, 0.2) is 5.43 Å². The summed E-state index contributed by atoms with van der Waals surface area (Å²) in [5.74, 6) is -1.05. The molecule has 192 valence electrons. The van der Waals surface area contributed by atoms with Crippen molar-refractivity contribution < 1.29 is 23.8 Å². The Hall–Kier alpha value is -4.92. The normalized spacial score (nSPS) is 11.2. The van der Waals surface area contributed by atoms with Crippen LogP contribution in [0.1, 0.15) is 26.3 Å². The van der Waals surface area contributed by atoms with Crippen molar-refractivity contribution in [1.29, 1.82) is 0 Å². The highest BCUT2D eigenvalue weighted by atomic mass is 16.5. The van der Waals surface area contributed by atoms with E-state index in [0.29, 0.717) is 22.2 Å². The fourth-order valence-electron chi connectivity index (χ4n) is 4.95. The highest BCUT2D eigenvalue weighted by molar-refractivity contribution is 6.14. The lowest BCUT2D eigenvalue weighted by Gasteiger charge is -2.14. The molecule has 0 radical (unpaired) electrons. The molecule has 0 saturated carbocycles. The molecule has 0 saturated heterocycles. The molecule has 0 aliphatic rings. The monoisotopic (exact) mass is 512 g/mol. The van der Waals surface area contributed by atoms with E-state index >= 15 is 0 Å². The number of benzene rings is 3. The van der Waals surface area contributed by atoms with Crippen molar-refractivity contribution in [3.63, 3.8) is 0 Å². The average Bonchev–Trinajstić information content (AvgIpc) is 3.21. The summed E-state index contributed by atoms with van der Waals surface area (Å²) in [7, 11) is 5.62. The first kappa shape index (κ1) is 24.8. The van der Waals surface area contributed by atoms with E-state index in [0.717, 1.165) is 0 Å². The lowest BCUT2D eigenvalue weighted by atomic mass is 10.0. The largest absolute Gasteiger partial charge is 0.497 e. The summed E-state index contributed by atoms with van der Waals surface area (Å²) in [6.45, 7) is -0.00130. The van der Waals surface area contributed by atoms with Gasteiger partial charge in [0.05, 0.1) is 49.9 Å². The Kier molecular flexibility index (Phi) is 6.20. The number of hydrogen-bond acceptors (Lipinski definition) is 7. The first-order valence-electron chi connectivity index (χ1n) is 11.7. The van der Waals surface area contributed by atoms with Gasteiger partial charge in [-0.05, 0) is 35.9 Å². The molecule has 2 heterocycles. The Bertz CT molecular complexity index is 1880. The van der Waals surface area contributed by atoms with Crippen molar-refractivity contribution >= 4 is 44.6 Å². The molecule has 2 aromatic heterocycles.